The number of nitrogens with one attached hydrogen (secondary N) is 2. The Bertz CT molecular complexity index is 815. The van der Waals surface area contributed by atoms with Crippen LogP contribution in [0.2, 0.25) is 5.02 Å². The van der Waals surface area contributed by atoms with Gasteiger partial charge in [-0.1, -0.05) is 35.9 Å². The van der Waals surface area contributed by atoms with Crippen molar-refractivity contribution in [3.05, 3.63) is 59.1 Å². The third kappa shape index (κ3) is 6.27. The zero-order valence-corrected chi connectivity index (χ0v) is 18.0. The molecule has 0 aromatic heterocycles. The van der Waals surface area contributed by atoms with Gasteiger partial charge in [0.1, 0.15) is 5.60 Å². The second-order valence-electron chi connectivity index (χ2n) is 8.07. The van der Waals surface area contributed by atoms with Crippen LogP contribution in [0.25, 0.3) is 0 Å². The summed E-state index contributed by atoms with van der Waals surface area (Å²) >= 11 is 6.50. The molecule has 0 saturated carbocycles. The van der Waals surface area contributed by atoms with Crippen molar-refractivity contribution in [3.63, 3.8) is 0 Å². The molecule has 1 saturated heterocycles. The average molecular weight is 417 g/mol. The van der Waals surface area contributed by atoms with Crippen molar-refractivity contribution in [2.24, 2.45) is 0 Å². The molecule has 2 aromatic carbocycles. The topological polar surface area (TPSA) is 56.8 Å². The molecule has 2 N–H and O–H groups in total. The van der Waals surface area contributed by atoms with Crippen LogP contribution in [0.3, 0.4) is 0 Å². The van der Waals surface area contributed by atoms with Gasteiger partial charge in [-0.15, -0.1) is 0 Å². The van der Waals surface area contributed by atoms with Crippen molar-refractivity contribution < 1.29 is 9.53 Å². The van der Waals surface area contributed by atoms with Crippen molar-refractivity contribution in [2.45, 2.75) is 32.9 Å². The number of anilines is 2. The van der Waals surface area contributed by atoms with Crippen molar-refractivity contribution >= 4 is 29.1 Å². The highest BCUT2D eigenvalue weighted by Gasteiger charge is 2.26. The maximum atomic E-state index is 12.2. The highest BCUT2D eigenvalue weighted by molar-refractivity contribution is 6.31. The van der Waals surface area contributed by atoms with E-state index in [0.29, 0.717) is 19.6 Å². The SMILES string of the molecule is CC(C)(C)OC(=O)N1CCN(c2ccc(CNNc3ccccc3)c(Cl)c2)CC1. The molecule has 1 fully saturated rings. The van der Waals surface area contributed by atoms with Gasteiger partial charge in [-0.25, -0.2) is 10.2 Å². The Morgan fingerprint density at radius 1 is 1.07 bits per heavy atom. The first kappa shape index (κ1) is 21.3. The summed E-state index contributed by atoms with van der Waals surface area (Å²) in [4.78, 5) is 16.2. The number of hydrogen-bond acceptors (Lipinski definition) is 5. The van der Waals surface area contributed by atoms with Crippen LogP contribution in [-0.2, 0) is 11.3 Å². The molecule has 0 atom stereocenters. The minimum atomic E-state index is -0.471. The van der Waals surface area contributed by atoms with Crippen LogP contribution < -0.4 is 15.8 Å². The van der Waals surface area contributed by atoms with E-state index in [0.717, 1.165) is 35.1 Å². The fourth-order valence-corrected chi connectivity index (χ4v) is 3.35. The summed E-state index contributed by atoms with van der Waals surface area (Å²) in [5, 5.41) is 0.722. The number of piperazine rings is 1. The Balaban J connectivity index is 1.51. The molecule has 1 amide bonds. The van der Waals surface area contributed by atoms with E-state index in [1.165, 1.54) is 0 Å². The molecule has 29 heavy (non-hydrogen) atoms. The maximum absolute atomic E-state index is 12.2. The number of rotatable bonds is 5. The highest BCUT2D eigenvalue weighted by atomic mass is 35.5. The summed E-state index contributed by atoms with van der Waals surface area (Å²) in [5.74, 6) is 0. The molecular weight excluding hydrogens is 388 g/mol. The Morgan fingerprint density at radius 3 is 2.38 bits per heavy atom. The molecule has 6 nitrogen and oxygen atoms in total. The number of carbonyl (C=O) groups excluding carboxylic acids is 1. The summed E-state index contributed by atoms with van der Waals surface area (Å²) < 4.78 is 5.46. The van der Waals surface area contributed by atoms with Crippen LogP contribution in [0.15, 0.2) is 48.5 Å². The molecule has 1 heterocycles. The molecule has 0 spiro atoms. The summed E-state index contributed by atoms with van der Waals surface area (Å²) in [6.45, 7) is 9.04. The maximum Gasteiger partial charge on any atom is 0.410 e. The Kier molecular flexibility index (Phi) is 6.87. The molecular formula is C22H29ClN4O2. The first-order chi connectivity index (χ1) is 13.8. The lowest BCUT2D eigenvalue weighted by molar-refractivity contribution is 0.0240. The zero-order chi connectivity index (χ0) is 20.9. The standard InChI is InChI=1S/C22H29ClN4O2/c1-22(2,3)29-21(28)27-13-11-26(12-14-27)19-10-9-17(20(23)15-19)16-24-25-18-7-5-4-6-8-18/h4-10,15,24-25H,11-14,16H2,1-3H3. The quantitative estimate of drug-likeness (QED) is 0.702. The van der Waals surface area contributed by atoms with Crippen LogP contribution in [0.1, 0.15) is 26.3 Å². The van der Waals surface area contributed by atoms with Gasteiger partial charge in [-0.05, 0) is 50.6 Å². The summed E-state index contributed by atoms with van der Waals surface area (Å²) in [7, 11) is 0. The Morgan fingerprint density at radius 2 is 1.76 bits per heavy atom. The van der Waals surface area contributed by atoms with Crippen molar-refractivity contribution in [1.82, 2.24) is 10.3 Å². The number of amides is 1. The zero-order valence-electron chi connectivity index (χ0n) is 17.2. The Hall–Kier alpha value is -2.44. The second kappa shape index (κ2) is 9.37. The Labute approximate surface area is 177 Å². The molecule has 1 aliphatic rings. The van der Waals surface area contributed by atoms with Crippen molar-refractivity contribution in [3.8, 4) is 0 Å². The summed E-state index contributed by atoms with van der Waals surface area (Å²) in [6, 6.07) is 16.0. The number of carbonyl (C=O) groups is 1. The fraction of sp³-hybridized carbons (Fsp3) is 0.409. The van der Waals surface area contributed by atoms with Gasteiger partial charge in [-0.2, -0.15) is 0 Å². The van der Waals surface area contributed by atoms with Gasteiger partial charge in [0.05, 0.1) is 0 Å². The summed E-state index contributed by atoms with van der Waals surface area (Å²) in [5.41, 5.74) is 8.97. The number of nitrogens with zero attached hydrogens (tertiary/aromatic N) is 2. The third-order valence-corrected chi connectivity index (χ3v) is 4.97. The van der Waals surface area contributed by atoms with Crippen LogP contribution in [0.5, 0.6) is 0 Å². The van der Waals surface area contributed by atoms with E-state index in [2.05, 4.69) is 21.8 Å². The summed E-state index contributed by atoms with van der Waals surface area (Å²) in [6.07, 6.45) is -0.248. The molecule has 0 aliphatic carbocycles. The number of hydrazine groups is 1. The molecule has 0 radical (unpaired) electrons. The number of halogens is 1. The van der Waals surface area contributed by atoms with E-state index in [1.54, 1.807) is 4.90 Å². The third-order valence-electron chi connectivity index (χ3n) is 4.62. The van der Waals surface area contributed by atoms with Crippen molar-refractivity contribution in [2.75, 3.05) is 36.5 Å². The number of para-hydroxylation sites is 1. The molecule has 3 rings (SSSR count). The van der Waals surface area contributed by atoms with Crippen LogP contribution >= 0.6 is 11.6 Å². The number of benzene rings is 2. The molecule has 0 unspecified atom stereocenters. The molecule has 0 bridgehead atoms. The second-order valence-corrected chi connectivity index (χ2v) is 8.48. The van der Waals surface area contributed by atoms with Crippen LogP contribution in [0, 0.1) is 0 Å². The first-order valence-electron chi connectivity index (χ1n) is 9.87. The molecule has 2 aromatic rings. The molecule has 1 aliphatic heterocycles. The van der Waals surface area contributed by atoms with Gasteiger partial charge in [0, 0.05) is 49.1 Å². The number of ether oxygens (including phenoxy) is 1. The van der Waals surface area contributed by atoms with E-state index in [4.69, 9.17) is 16.3 Å². The highest BCUT2D eigenvalue weighted by Crippen LogP contribution is 2.25. The van der Waals surface area contributed by atoms with Gasteiger partial charge in [-0.3, -0.25) is 0 Å². The lowest BCUT2D eigenvalue weighted by Crippen LogP contribution is -2.50. The van der Waals surface area contributed by atoms with E-state index >= 15 is 0 Å². The predicted octanol–water partition coefficient (Wildman–Crippen LogP) is 4.51. The van der Waals surface area contributed by atoms with Gasteiger partial charge in [0.15, 0.2) is 0 Å². The normalized spacial score (nSPS) is 14.6. The minimum absolute atomic E-state index is 0.248. The lowest BCUT2D eigenvalue weighted by atomic mass is 10.1. The van der Waals surface area contributed by atoms with Gasteiger partial charge in [0.2, 0.25) is 0 Å². The lowest BCUT2D eigenvalue weighted by Gasteiger charge is -2.36. The van der Waals surface area contributed by atoms with Crippen LogP contribution in [0.4, 0.5) is 16.2 Å². The van der Waals surface area contributed by atoms with Gasteiger partial charge in [0.25, 0.3) is 0 Å². The van der Waals surface area contributed by atoms with E-state index in [-0.39, 0.29) is 6.09 Å². The monoisotopic (exact) mass is 416 g/mol. The van der Waals surface area contributed by atoms with E-state index < -0.39 is 5.60 Å². The number of hydrogen-bond donors (Lipinski definition) is 2. The minimum Gasteiger partial charge on any atom is -0.444 e. The van der Waals surface area contributed by atoms with E-state index in [9.17, 15) is 4.79 Å². The fourth-order valence-electron chi connectivity index (χ4n) is 3.11. The average Bonchev–Trinajstić information content (AvgIpc) is 2.69. The molecule has 156 valence electrons. The largest absolute Gasteiger partial charge is 0.444 e. The predicted molar refractivity (Wildman–Crippen MR) is 118 cm³/mol. The molecule has 7 heteroatoms. The van der Waals surface area contributed by atoms with Gasteiger partial charge >= 0.3 is 6.09 Å². The smallest absolute Gasteiger partial charge is 0.410 e. The van der Waals surface area contributed by atoms with Crippen LogP contribution in [-0.4, -0.2) is 42.8 Å². The van der Waals surface area contributed by atoms with Crippen molar-refractivity contribution in [1.29, 1.82) is 0 Å². The first-order valence-corrected chi connectivity index (χ1v) is 10.2. The van der Waals surface area contributed by atoms with Gasteiger partial charge < -0.3 is 20.0 Å². The van der Waals surface area contributed by atoms with E-state index in [1.807, 2.05) is 63.2 Å².